The predicted molar refractivity (Wildman–Crippen MR) is 113 cm³/mol. The zero-order valence-electron chi connectivity index (χ0n) is 16.8. The van der Waals surface area contributed by atoms with Gasteiger partial charge in [-0.1, -0.05) is 50.5 Å². The van der Waals surface area contributed by atoms with Crippen molar-refractivity contribution in [3.05, 3.63) is 59.7 Å². The van der Waals surface area contributed by atoms with Gasteiger partial charge in [0.1, 0.15) is 24.7 Å². The molecule has 0 radical (unpaired) electrons. The Bertz CT molecular complexity index is 742. The smallest absolute Gasteiger partial charge is 0.236 e. The van der Waals surface area contributed by atoms with E-state index in [9.17, 15) is 4.79 Å². The van der Waals surface area contributed by atoms with Crippen molar-refractivity contribution >= 4 is 12.1 Å². The summed E-state index contributed by atoms with van der Waals surface area (Å²) in [6.07, 6.45) is 7.83. The number of rotatable bonds is 12. The number of aryl methyl sites for hydroxylation is 1. The van der Waals surface area contributed by atoms with Gasteiger partial charge in [0.2, 0.25) is 5.91 Å². The summed E-state index contributed by atoms with van der Waals surface area (Å²) in [7, 11) is 0. The fourth-order valence-electron chi connectivity index (χ4n) is 2.71. The lowest BCUT2D eigenvalue weighted by atomic mass is 10.1. The van der Waals surface area contributed by atoms with Crippen molar-refractivity contribution in [1.82, 2.24) is 5.43 Å². The molecule has 150 valence electrons. The maximum Gasteiger partial charge on any atom is 0.236 e. The van der Waals surface area contributed by atoms with Crippen molar-refractivity contribution in [3.63, 3.8) is 0 Å². The summed E-state index contributed by atoms with van der Waals surface area (Å²) < 4.78 is 11.5. The van der Waals surface area contributed by atoms with Crippen LogP contribution in [-0.2, 0) is 11.2 Å². The molecule has 5 nitrogen and oxygen atoms in total. The number of benzene rings is 2. The van der Waals surface area contributed by atoms with Gasteiger partial charge in [0, 0.05) is 6.92 Å². The van der Waals surface area contributed by atoms with Gasteiger partial charge in [-0.2, -0.15) is 5.10 Å². The second kappa shape index (κ2) is 12.5. The van der Waals surface area contributed by atoms with Gasteiger partial charge >= 0.3 is 0 Å². The first kappa shape index (κ1) is 21.5. The number of carbonyl (C=O) groups excluding carboxylic acids is 1. The molecule has 0 aliphatic rings. The molecule has 2 rings (SSSR count). The van der Waals surface area contributed by atoms with Gasteiger partial charge in [-0.3, -0.25) is 4.79 Å². The van der Waals surface area contributed by atoms with E-state index in [1.165, 1.54) is 38.2 Å². The molecule has 0 saturated heterocycles. The molecule has 0 saturated carbocycles. The Morgan fingerprint density at radius 3 is 2.46 bits per heavy atom. The van der Waals surface area contributed by atoms with Crippen molar-refractivity contribution in [2.24, 2.45) is 5.10 Å². The molecule has 0 aromatic heterocycles. The normalized spacial score (nSPS) is 10.8. The number of ether oxygens (including phenoxy) is 2. The molecule has 28 heavy (non-hydrogen) atoms. The minimum absolute atomic E-state index is 0.203. The third kappa shape index (κ3) is 8.71. The molecule has 0 spiro atoms. The lowest BCUT2D eigenvalue weighted by Gasteiger charge is -2.09. The maximum absolute atomic E-state index is 10.8. The molecule has 0 aliphatic heterocycles. The fourth-order valence-corrected chi connectivity index (χ4v) is 2.71. The predicted octanol–water partition coefficient (Wildman–Crippen LogP) is 4.74. The second-order valence-corrected chi connectivity index (χ2v) is 6.65. The largest absolute Gasteiger partial charge is 0.490 e. The van der Waals surface area contributed by atoms with E-state index in [-0.39, 0.29) is 5.91 Å². The number of carbonyl (C=O) groups is 1. The lowest BCUT2D eigenvalue weighted by molar-refractivity contribution is -0.118. The molecule has 1 N–H and O–H groups in total. The van der Waals surface area contributed by atoms with Gasteiger partial charge in [0.15, 0.2) is 0 Å². The number of hydrogen-bond acceptors (Lipinski definition) is 4. The molecule has 1 amide bonds. The number of hydrogen-bond donors (Lipinski definition) is 1. The highest BCUT2D eigenvalue weighted by molar-refractivity contribution is 5.82. The number of hydrazone groups is 1. The number of amides is 1. The quantitative estimate of drug-likeness (QED) is 0.328. The molecule has 0 bridgehead atoms. The Labute approximate surface area is 167 Å². The zero-order valence-corrected chi connectivity index (χ0v) is 16.8. The summed E-state index contributed by atoms with van der Waals surface area (Å²) in [4.78, 5) is 10.8. The molecule has 5 heteroatoms. The molecule has 0 aliphatic carbocycles. The fraction of sp³-hybridized carbons (Fsp3) is 0.391. The Balaban J connectivity index is 1.69. The summed E-state index contributed by atoms with van der Waals surface area (Å²) >= 11 is 0. The highest BCUT2D eigenvalue weighted by atomic mass is 16.5. The summed E-state index contributed by atoms with van der Waals surface area (Å²) in [5.74, 6) is 1.39. The SMILES string of the molecule is CCCCCCc1ccc(OCCOc2cccc(C=NNC(C)=O)c2)cc1. The summed E-state index contributed by atoms with van der Waals surface area (Å²) in [5.41, 5.74) is 4.58. The third-order valence-corrected chi connectivity index (χ3v) is 4.16. The summed E-state index contributed by atoms with van der Waals surface area (Å²) in [5, 5.41) is 3.85. The van der Waals surface area contributed by atoms with Crippen molar-refractivity contribution in [1.29, 1.82) is 0 Å². The average Bonchev–Trinajstić information content (AvgIpc) is 2.70. The Morgan fingerprint density at radius 1 is 1.00 bits per heavy atom. The van der Waals surface area contributed by atoms with Crippen LogP contribution in [0.2, 0.25) is 0 Å². The first-order chi connectivity index (χ1) is 13.7. The zero-order chi connectivity index (χ0) is 20.0. The molecule has 2 aromatic carbocycles. The second-order valence-electron chi connectivity index (χ2n) is 6.65. The van der Waals surface area contributed by atoms with Crippen molar-refractivity contribution in [2.45, 2.75) is 46.0 Å². The Morgan fingerprint density at radius 2 is 1.75 bits per heavy atom. The van der Waals surface area contributed by atoms with E-state index in [4.69, 9.17) is 9.47 Å². The van der Waals surface area contributed by atoms with Crippen LogP contribution in [0, 0.1) is 0 Å². The Kier molecular flexibility index (Phi) is 9.62. The van der Waals surface area contributed by atoms with Crippen LogP contribution in [0.3, 0.4) is 0 Å². The molecule has 0 unspecified atom stereocenters. The van der Waals surface area contributed by atoms with Crippen LogP contribution in [0.25, 0.3) is 0 Å². The monoisotopic (exact) mass is 382 g/mol. The molecule has 0 fully saturated rings. The molecule has 2 aromatic rings. The summed E-state index contributed by atoms with van der Waals surface area (Å²) in [6.45, 7) is 4.57. The van der Waals surface area contributed by atoms with Gasteiger partial charge in [-0.25, -0.2) is 5.43 Å². The van der Waals surface area contributed by atoms with Crippen LogP contribution in [0.4, 0.5) is 0 Å². The van der Waals surface area contributed by atoms with Crippen LogP contribution >= 0.6 is 0 Å². The van der Waals surface area contributed by atoms with E-state index in [0.717, 1.165) is 23.5 Å². The van der Waals surface area contributed by atoms with Crippen LogP contribution in [-0.4, -0.2) is 25.3 Å². The first-order valence-corrected chi connectivity index (χ1v) is 9.91. The van der Waals surface area contributed by atoms with Gasteiger partial charge < -0.3 is 9.47 Å². The van der Waals surface area contributed by atoms with Gasteiger partial charge in [-0.15, -0.1) is 0 Å². The number of nitrogens with one attached hydrogen (secondary N) is 1. The maximum atomic E-state index is 10.8. The molecule has 0 heterocycles. The molecule has 0 atom stereocenters. The summed E-state index contributed by atoms with van der Waals surface area (Å²) in [6, 6.07) is 15.8. The Hall–Kier alpha value is -2.82. The van der Waals surface area contributed by atoms with Crippen LogP contribution in [0.1, 0.15) is 50.7 Å². The highest BCUT2D eigenvalue weighted by Gasteiger charge is 1.99. The van der Waals surface area contributed by atoms with Crippen molar-refractivity contribution in [2.75, 3.05) is 13.2 Å². The van der Waals surface area contributed by atoms with Crippen LogP contribution in [0.5, 0.6) is 11.5 Å². The van der Waals surface area contributed by atoms with Crippen LogP contribution in [0.15, 0.2) is 53.6 Å². The standard InChI is InChI=1S/C23H30N2O3/c1-3-4-5-6-8-20-11-13-22(14-12-20)27-15-16-28-23-10-7-9-21(17-23)18-24-25-19(2)26/h7,9-14,17-18H,3-6,8,15-16H2,1-2H3,(H,25,26). The third-order valence-electron chi connectivity index (χ3n) is 4.16. The first-order valence-electron chi connectivity index (χ1n) is 9.91. The van der Waals surface area contributed by atoms with E-state index in [1.54, 1.807) is 6.21 Å². The average molecular weight is 383 g/mol. The minimum atomic E-state index is -0.203. The number of nitrogens with zero attached hydrogens (tertiary/aromatic N) is 1. The van der Waals surface area contributed by atoms with E-state index in [1.807, 2.05) is 36.4 Å². The van der Waals surface area contributed by atoms with Gasteiger partial charge in [-0.05, 0) is 48.2 Å². The number of unbranched alkanes of at least 4 members (excludes halogenated alkanes) is 3. The van der Waals surface area contributed by atoms with Gasteiger partial charge in [0.05, 0.1) is 6.21 Å². The van der Waals surface area contributed by atoms with Crippen LogP contribution < -0.4 is 14.9 Å². The van der Waals surface area contributed by atoms with Crippen molar-refractivity contribution < 1.29 is 14.3 Å². The van der Waals surface area contributed by atoms with E-state index in [2.05, 4.69) is 29.6 Å². The van der Waals surface area contributed by atoms with Crippen molar-refractivity contribution in [3.8, 4) is 11.5 Å². The van der Waals surface area contributed by atoms with E-state index >= 15 is 0 Å². The van der Waals surface area contributed by atoms with E-state index in [0.29, 0.717) is 13.2 Å². The lowest BCUT2D eigenvalue weighted by Crippen LogP contribution is -2.12. The topological polar surface area (TPSA) is 59.9 Å². The molecular weight excluding hydrogens is 352 g/mol. The highest BCUT2D eigenvalue weighted by Crippen LogP contribution is 2.15. The molecular formula is C23H30N2O3. The minimum Gasteiger partial charge on any atom is -0.490 e. The van der Waals surface area contributed by atoms with E-state index < -0.39 is 0 Å². The van der Waals surface area contributed by atoms with Gasteiger partial charge in [0.25, 0.3) is 0 Å².